The first-order chi connectivity index (χ1) is 8.91. The zero-order chi connectivity index (χ0) is 14.0. The molecular formula is C14H20N2O3. The third-order valence-electron chi connectivity index (χ3n) is 3.72. The third-order valence-corrected chi connectivity index (χ3v) is 3.72. The number of carbonyl (C=O) groups is 2. The van der Waals surface area contributed by atoms with Crippen molar-refractivity contribution in [1.82, 2.24) is 9.47 Å². The van der Waals surface area contributed by atoms with Crippen LogP contribution in [0.5, 0.6) is 0 Å². The summed E-state index contributed by atoms with van der Waals surface area (Å²) < 4.78 is 1.65. The van der Waals surface area contributed by atoms with Crippen molar-refractivity contribution in [3.05, 3.63) is 24.0 Å². The molecule has 5 nitrogen and oxygen atoms in total. The summed E-state index contributed by atoms with van der Waals surface area (Å²) in [5.41, 5.74) is -0.329. The van der Waals surface area contributed by atoms with E-state index in [-0.39, 0.29) is 0 Å². The molecule has 5 heteroatoms. The van der Waals surface area contributed by atoms with Gasteiger partial charge in [-0.15, -0.1) is 0 Å². The normalized spacial score (nSPS) is 24.1. The van der Waals surface area contributed by atoms with Crippen molar-refractivity contribution in [1.29, 1.82) is 0 Å². The van der Waals surface area contributed by atoms with Crippen molar-refractivity contribution in [2.24, 2.45) is 7.05 Å². The largest absolute Gasteiger partial charge is 0.390 e. The Morgan fingerprint density at radius 3 is 2.68 bits per heavy atom. The number of rotatable bonds is 2. The van der Waals surface area contributed by atoms with Crippen LogP contribution in [0.25, 0.3) is 0 Å². The molecule has 0 spiro atoms. The molecule has 1 aromatic rings. The molecule has 1 saturated heterocycles. The lowest BCUT2D eigenvalue weighted by Crippen LogP contribution is -2.38. The number of aliphatic hydroxyl groups is 1. The van der Waals surface area contributed by atoms with E-state index in [2.05, 4.69) is 0 Å². The molecule has 1 aromatic heterocycles. The van der Waals surface area contributed by atoms with Crippen molar-refractivity contribution in [3.8, 4) is 0 Å². The molecule has 1 fully saturated rings. The number of amides is 1. The van der Waals surface area contributed by atoms with E-state index in [0.717, 1.165) is 6.42 Å². The summed E-state index contributed by atoms with van der Waals surface area (Å²) in [6.45, 7) is 2.74. The highest BCUT2D eigenvalue weighted by atomic mass is 16.3. The van der Waals surface area contributed by atoms with Crippen LogP contribution in [0.4, 0.5) is 0 Å². The Hall–Kier alpha value is -1.62. The molecular weight excluding hydrogens is 244 g/mol. The summed E-state index contributed by atoms with van der Waals surface area (Å²) in [7, 11) is 1.74. The topological polar surface area (TPSA) is 62.5 Å². The van der Waals surface area contributed by atoms with Crippen LogP contribution in [-0.4, -0.2) is 45.0 Å². The Bertz CT molecular complexity index is 491. The van der Waals surface area contributed by atoms with E-state index >= 15 is 0 Å². The fourth-order valence-electron chi connectivity index (χ4n) is 2.42. The lowest BCUT2D eigenvalue weighted by Gasteiger charge is -2.22. The molecule has 0 bridgehead atoms. The summed E-state index contributed by atoms with van der Waals surface area (Å²) in [4.78, 5) is 25.9. The molecule has 1 aliphatic heterocycles. The second-order valence-corrected chi connectivity index (χ2v) is 5.48. The van der Waals surface area contributed by atoms with Gasteiger partial charge in [-0.2, -0.15) is 0 Å². The van der Waals surface area contributed by atoms with E-state index in [9.17, 15) is 14.7 Å². The lowest BCUT2D eigenvalue weighted by atomic mass is 9.98. The number of hydrogen-bond acceptors (Lipinski definition) is 3. The SMILES string of the molecule is Cn1cccc1C(=O)C(=O)N1CCC[C@](C)(O)CC1. The highest BCUT2D eigenvalue weighted by Crippen LogP contribution is 2.21. The minimum Gasteiger partial charge on any atom is -0.390 e. The van der Waals surface area contributed by atoms with Crippen LogP contribution in [0, 0.1) is 0 Å². The number of carbonyl (C=O) groups excluding carboxylic acids is 2. The quantitative estimate of drug-likeness (QED) is 0.639. The molecule has 0 aromatic carbocycles. The second-order valence-electron chi connectivity index (χ2n) is 5.48. The minimum atomic E-state index is -0.733. The second kappa shape index (κ2) is 5.17. The van der Waals surface area contributed by atoms with Crippen molar-refractivity contribution >= 4 is 11.7 Å². The van der Waals surface area contributed by atoms with Crippen molar-refractivity contribution < 1.29 is 14.7 Å². The molecule has 19 heavy (non-hydrogen) atoms. The van der Waals surface area contributed by atoms with E-state index < -0.39 is 17.3 Å². The van der Waals surface area contributed by atoms with Gasteiger partial charge in [0, 0.05) is 26.3 Å². The zero-order valence-electron chi connectivity index (χ0n) is 11.4. The fourth-order valence-corrected chi connectivity index (χ4v) is 2.42. The first kappa shape index (κ1) is 13.8. The number of hydrogen-bond donors (Lipinski definition) is 1. The average molecular weight is 264 g/mol. The van der Waals surface area contributed by atoms with Gasteiger partial charge in [0.05, 0.1) is 11.3 Å². The third kappa shape index (κ3) is 3.04. The van der Waals surface area contributed by atoms with Gasteiger partial charge in [0.25, 0.3) is 11.7 Å². The number of aromatic nitrogens is 1. The van der Waals surface area contributed by atoms with Gasteiger partial charge in [-0.1, -0.05) is 0 Å². The summed E-state index contributed by atoms with van der Waals surface area (Å²) >= 11 is 0. The van der Waals surface area contributed by atoms with Crippen molar-refractivity contribution in [2.45, 2.75) is 31.8 Å². The summed E-state index contributed by atoms with van der Waals surface area (Å²) in [5.74, 6) is -0.950. The Morgan fingerprint density at radius 2 is 2.05 bits per heavy atom. The van der Waals surface area contributed by atoms with Crippen LogP contribution in [0.1, 0.15) is 36.7 Å². The maximum atomic E-state index is 12.2. The van der Waals surface area contributed by atoms with Gasteiger partial charge in [0.2, 0.25) is 0 Å². The Morgan fingerprint density at radius 1 is 1.32 bits per heavy atom. The van der Waals surface area contributed by atoms with Gasteiger partial charge in [-0.05, 0) is 38.3 Å². The number of likely N-dealkylation sites (tertiary alicyclic amines) is 1. The predicted molar refractivity (Wildman–Crippen MR) is 70.8 cm³/mol. The Labute approximate surface area is 112 Å². The van der Waals surface area contributed by atoms with Gasteiger partial charge >= 0.3 is 0 Å². The van der Waals surface area contributed by atoms with E-state index in [0.29, 0.717) is 31.6 Å². The number of Topliss-reactive ketones (excluding diaryl/α,β-unsaturated/α-hetero) is 1. The van der Waals surface area contributed by atoms with Gasteiger partial charge in [-0.25, -0.2) is 0 Å². The molecule has 2 rings (SSSR count). The number of ketones is 1. The minimum absolute atomic E-state index is 0.404. The zero-order valence-corrected chi connectivity index (χ0v) is 11.4. The van der Waals surface area contributed by atoms with Crippen molar-refractivity contribution in [3.63, 3.8) is 0 Å². The summed E-state index contributed by atoms with van der Waals surface area (Å²) in [5, 5.41) is 9.99. The molecule has 2 heterocycles. The lowest BCUT2D eigenvalue weighted by molar-refractivity contribution is -0.126. The van der Waals surface area contributed by atoms with Crippen LogP contribution in [0.2, 0.25) is 0 Å². The van der Waals surface area contributed by atoms with Gasteiger partial charge in [0.1, 0.15) is 0 Å². The summed E-state index contributed by atoms with van der Waals surface area (Å²) in [6, 6.07) is 3.39. The smallest absolute Gasteiger partial charge is 0.296 e. The highest BCUT2D eigenvalue weighted by Gasteiger charge is 2.30. The maximum Gasteiger partial charge on any atom is 0.296 e. The fraction of sp³-hybridized carbons (Fsp3) is 0.571. The molecule has 104 valence electrons. The standard InChI is InChI=1S/C14H20N2O3/c1-14(19)6-4-9-16(10-7-14)13(18)12(17)11-5-3-8-15(11)2/h3,5,8,19H,4,6-7,9-10H2,1-2H3/t14-/m0/s1. The summed E-state index contributed by atoms with van der Waals surface area (Å²) in [6.07, 6.45) is 3.64. The van der Waals surface area contributed by atoms with E-state index in [1.54, 1.807) is 41.8 Å². The van der Waals surface area contributed by atoms with Gasteiger partial charge in [0.15, 0.2) is 0 Å². The van der Waals surface area contributed by atoms with Crippen LogP contribution < -0.4 is 0 Å². The van der Waals surface area contributed by atoms with Crippen LogP contribution in [0.15, 0.2) is 18.3 Å². The van der Waals surface area contributed by atoms with Crippen LogP contribution >= 0.6 is 0 Å². The Kier molecular flexibility index (Phi) is 3.75. The average Bonchev–Trinajstić information content (AvgIpc) is 2.69. The van der Waals surface area contributed by atoms with Gasteiger partial charge in [-0.3, -0.25) is 9.59 Å². The first-order valence-corrected chi connectivity index (χ1v) is 6.58. The highest BCUT2D eigenvalue weighted by molar-refractivity contribution is 6.42. The number of nitrogens with zero attached hydrogens (tertiary/aromatic N) is 2. The Balaban J connectivity index is 2.08. The maximum absolute atomic E-state index is 12.2. The monoisotopic (exact) mass is 264 g/mol. The number of aryl methyl sites for hydroxylation is 1. The first-order valence-electron chi connectivity index (χ1n) is 6.58. The molecule has 0 radical (unpaired) electrons. The molecule has 1 amide bonds. The molecule has 1 atom stereocenters. The van der Waals surface area contributed by atoms with E-state index in [4.69, 9.17) is 0 Å². The molecule has 1 N–H and O–H groups in total. The van der Waals surface area contributed by atoms with E-state index in [1.807, 2.05) is 0 Å². The predicted octanol–water partition coefficient (Wildman–Crippen LogP) is 0.971. The molecule has 0 unspecified atom stereocenters. The molecule has 0 aliphatic carbocycles. The van der Waals surface area contributed by atoms with Gasteiger partial charge < -0.3 is 14.6 Å². The van der Waals surface area contributed by atoms with Crippen LogP contribution in [-0.2, 0) is 11.8 Å². The van der Waals surface area contributed by atoms with Crippen LogP contribution in [0.3, 0.4) is 0 Å². The molecule has 1 aliphatic rings. The molecule has 0 saturated carbocycles. The van der Waals surface area contributed by atoms with E-state index in [1.165, 1.54) is 0 Å². The van der Waals surface area contributed by atoms with Crippen molar-refractivity contribution in [2.75, 3.05) is 13.1 Å².